The van der Waals surface area contributed by atoms with Gasteiger partial charge < -0.3 is 9.64 Å². The molecule has 0 aliphatic heterocycles. The molecule has 0 atom stereocenters. The van der Waals surface area contributed by atoms with Crippen LogP contribution in [0.25, 0.3) is 0 Å². The zero-order valence-electron chi connectivity index (χ0n) is 14.9. The van der Waals surface area contributed by atoms with Crippen LogP contribution in [0, 0.1) is 18.3 Å². The van der Waals surface area contributed by atoms with Crippen molar-refractivity contribution in [3.63, 3.8) is 0 Å². The second-order valence-corrected chi connectivity index (χ2v) is 5.96. The van der Waals surface area contributed by atoms with E-state index in [1.807, 2.05) is 49.4 Å². The minimum Gasteiger partial charge on any atom is -0.483 e. The highest BCUT2D eigenvalue weighted by atomic mass is 16.5. The Hall–Kier alpha value is -2.80. The van der Waals surface area contributed by atoms with E-state index in [0.29, 0.717) is 19.5 Å². The van der Waals surface area contributed by atoms with E-state index in [0.717, 1.165) is 23.3 Å². The van der Waals surface area contributed by atoms with Crippen LogP contribution in [0.15, 0.2) is 48.5 Å². The molecule has 0 aliphatic rings. The molecule has 1 amide bonds. The smallest absolute Gasteiger partial charge is 0.260 e. The molecule has 0 unspecified atom stereocenters. The molecule has 0 aromatic heterocycles. The van der Waals surface area contributed by atoms with Crippen molar-refractivity contribution in [2.45, 2.75) is 33.2 Å². The fourth-order valence-electron chi connectivity index (χ4n) is 2.64. The number of nitrogens with zero attached hydrogens (tertiary/aromatic N) is 2. The molecule has 0 spiro atoms. The Kier molecular flexibility index (Phi) is 7.03. The SMILES string of the molecule is CCc1cc(C)ccc1OCC(=O)N(CCC#N)Cc1ccccc1. The summed E-state index contributed by atoms with van der Waals surface area (Å²) in [6, 6.07) is 17.9. The molecule has 2 rings (SSSR count). The Morgan fingerprint density at radius 2 is 1.96 bits per heavy atom. The van der Waals surface area contributed by atoms with Gasteiger partial charge in [-0.1, -0.05) is 55.0 Å². The van der Waals surface area contributed by atoms with E-state index in [1.165, 1.54) is 5.56 Å². The summed E-state index contributed by atoms with van der Waals surface area (Å²) in [7, 11) is 0. The summed E-state index contributed by atoms with van der Waals surface area (Å²) >= 11 is 0. The first-order valence-electron chi connectivity index (χ1n) is 8.55. The van der Waals surface area contributed by atoms with Gasteiger partial charge >= 0.3 is 0 Å². The van der Waals surface area contributed by atoms with Gasteiger partial charge in [-0.15, -0.1) is 0 Å². The van der Waals surface area contributed by atoms with Crippen molar-refractivity contribution in [1.82, 2.24) is 4.90 Å². The van der Waals surface area contributed by atoms with Crippen molar-refractivity contribution >= 4 is 5.91 Å². The minimum absolute atomic E-state index is 0.0195. The van der Waals surface area contributed by atoms with E-state index in [9.17, 15) is 4.79 Å². The third-order valence-electron chi connectivity index (χ3n) is 4.01. The average molecular weight is 336 g/mol. The summed E-state index contributed by atoms with van der Waals surface area (Å²) < 4.78 is 5.77. The average Bonchev–Trinajstić information content (AvgIpc) is 2.64. The van der Waals surface area contributed by atoms with E-state index in [4.69, 9.17) is 10.00 Å². The predicted octanol–water partition coefficient (Wildman–Crippen LogP) is 3.88. The maximum absolute atomic E-state index is 12.6. The summed E-state index contributed by atoms with van der Waals surface area (Å²) in [6.45, 7) is 4.98. The molecule has 0 saturated carbocycles. The van der Waals surface area contributed by atoms with Crippen LogP contribution < -0.4 is 4.74 Å². The largest absolute Gasteiger partial charge is 0.483 e. The second kappa shape index (κ2) is 9.48. The van der Waals surface area contributed by atoms with Crippen molar-refractivity contribution in [3.8, 4) is 11.8 Å². The highest BCUT2D eigenvalue weighted by molar-refractivity contribution is 5.77. The van der Waals surface area contributed by atoms with Gasteiger partial charge in [-0.05, 0) is 30.5 Å². The highest BCUT2D eigenvalue weighted by Gasteiger charge is 2.15. The molecule has 0 bridgehead atoms. The minimum atomic E-state index is -0.110. The van der Waals surface area contributed by atoms with E-state index in [2.05, 4.69) is 19.1 Å². The van der Waals surface area contributed by atoms with Crippen LogP contribution in [0.5, 0.6) is 5.75 Å². The Bertz CT molecular complexity index is 735. The molecule has 0 saturated heterocycles. The molecular formula is C21H24N2O2. The van der Waals surface area contributed by atoms with Gasteiger partial charge in [-0.2, -0.15) is 5.26 Å². The van der Waals surface area contributed by atoms with Crippen molar-refractivity contribution < 1.29 is 9.53 Å². The van der Waals surface area contributed by atoms with Gasteiger partial charge in [-0.3, -0.25) is 4.79 Å². The first-order valence-corrected chi connectivity index (χ1v) is 8.55. The first-order chi connectivity index (χ1) is 12.1. The van der Waals surface area contributed by atoms with Crippen LogP contribution in [-0.2, 0) is 17.8 Å². The Labute approximate surface area is 149 Å². The number of amides is 1. The Balaban J connectivity index is 2.03. The number of nitriles is 1. The number of aryl methyl sites for hydroxylation is 2. The van der Waals surface area contributed by atoms with Crippen molar-refractivity contribution in [2.75, 3.05) is 13.2 Å². The van der Waals surface area contributed by atoms with Gasteiger partial charge in [0.2, 0.25) is 0 Å². The number of ether oxygens (including phenoxy) is 1. The molecule has 4 heteroatoms. The van der Waals surface area contributed by atoms with Crippen molar-refractivity contribution in [3.05, 3.63) is 65.2 Å². The standard InChI is InChI=1S/C21H24N2O2/c1-3-19-14-17(2)10-11-20(19)25-16-21(24)23(13-7-12-22)15-18-8-5-4-6-9-18/h4-6,8-11,14H,3,7,13,15-16H2,1-2H3. The van der Waals surface area contributed by atoms with Crippen LogP contribution in [-0.4, -0.2) is 24.0 Å². The van der Waals surface area contributed by atoms with Gasteiger partial charge in [-0.25, -0.2) is 0 Å². The lowest BCUT2D eigenvalue weighted by molar-refractivity contribution is -0.133. The van der Waals surface area contributed by atoms with Gasteiger partial charge in [0.25, 0.3) is 5.91 Å². The number of carbonyl (C=O) groups excluding carboxylic acids is 1. The summed E-state index contributed by atoms with van der Waals surface area (Å²) in [5.41, 5.74) is 3.31. The molecule has 4 nitrogen and oxygen atoms in total. The monoisotopic (exact) mass is 336 g/mol. The molecule has 25 heavy (non-hydrogen) atoms. The normalized spacial score (nSPS) is 10.1. The molecule has 2 aromatic rings. The molecule has 0 heterocycles. The number of rotatable bonds is 8. The van der Waals surface area contributed by atoms with Crippen LogP contribution in [0.3, 0.4) is 0 Å². The van der Waals surface area contributed by atoms with E-state index in [-0.39, 0.29) is 12.5 Å². The zero-order valence-corrected chi connectivity index (χ0v) is 14.9. The van der Waals surface area contributed by atoms with Crippen molar-refractivity contribution in [2.24, 2.45) is 0 Å². The molecule has 0 aliphatic carbocycles. The van der Waals surface area contributed by atoms with Crippen LogP contribution in [0.2, 0.25) is 0 Å². The van der Waals surface area contributed by atoms with Gasteiger partial charge in [0.05, 0.1) is 12.5 Å². The van der Waals surface area contributed by atoms with Crippen LogP contribution >= 0.6 is 0 Å². The van der Waals surface area contributed by atoms with Gasteiger partial charge in [0.15, 0.2) is 6.61 Å². The lowest BCUT2D eigenvalue weighted by Crippen LogP contribution is -2.35. The zero-order chi connectivity index (χ0) is 18.1. The Morgan fingerprint density at radius 3 is 2.64 bits per heavy atom. The Morgan fingerprint density at radius 1 is 1.20 bits per heavy atom. The number of carbonyl (C=O) groups is 1. The third kappa shape index (κ3) is 5.65. The number of benzene rings is 2. The maximum Gasteiger partial charge on any atom is 0.260 e. The summed E-state index contributed by atoms with van der Waals surface area (Å²) in [5.74, 6) is 0.642. The molecule has 2 aromatic carbocycles. The summed E-state index contributed by atoms with van der Waals surface area (Å²) in [4.78, 5) is 14.3. The molecule has 0 radical (unpaired) electrons. The summed E-state index contributed by atoms with van der Waals surface area (Å²) in [6.07, 6.45) is 1.16. The molecule has 0 N–H and O–H groups in total. The fraction of sp³-hybridized carbons (Fsp3) is 0.333. The topological polar surface area (TPSA) is 53.3 Å². The second-order valence-electron chi connectivity index (χ2n) is 5.96. The lowest BCUT2D eigenvalue weighted by Gasteiger charge is -2.22. The maximum atomic E-state index is 12.6. The molecule has 0 fully saturated rings. The number of hydrogen-bond acceptors (Lipinski definition) is 3. The number of hydrogen-bond donors (Lipinski definition) is 0. The summed E-state index contributed by atoms with van der Waals surface area (Å²) in [5, 5.41) is 8.85. The van der Waals surface area contributed by atoms with Crippen LogP contribution in [0.1, 0.15) is 30.0 Å². The third-order valence-corrected chi connectivity index (χ3v) is 4.01. The van der Waals surface area contributed by atoms with E-state index < -0.39 is 0 Å². The van der Waals surface area contributed by atoms with Gasteiger partial charge in [0.1, 0.15) is 5.75 Å². The first kappa shape index (κ1) is 18.5. The quantitative estimate of drug-likeness (QED) is 0.735. The molecular weight excluding hydrogens is 312 g/mol. The predicted molar refractivity (Wildman–Crippen MR) is 98.1 cm³/mol. The van der Waals surface area contributed by atoms with Crippen LogP contribution in [0.4, 0.5) is 0 Å². The highest BCUT2D eigenvalue weighted by Crippen LogP contribution is 2.20. The van der Waals surface area contributed by atoms with E-state index >= 15 is 0 Å². The lowest BCUT2D eigenvalue weighted by atomic mass is 10.1. The molecule has 130 valence electrons. The van der Waals surface area contributed by atoms with E-state index in [1.54, 1.807) is 4.90 Å². The van der Waals surface area contributed by atoms with Crippen molar-refractivity contribution in [1.29, 1.82) is 5.26 Å². The van der Waals surface area contributed by atoms with Gasteiger partial charge in [0, 0.05) is 13.1 Å². The fourth-order valence-corrected chi connectivity index (χ4v) is 2.64.